The Morgan fingerprint density at radius 3 is 2.47 bits per heavy atom. The Hall–Kier alpha value is -2.09. The number of halogens is 2. The van der Waals surface area contributed by atoms with E-state index in [1.807, 2.05) is 0 Å². The summed E-state index contributed by atoms with van der Waals surface area (Å²) in [5.41, 5.74) is -4.89. The van der Waals surface area contributed by atoms with E-state index in [2.05, 4.69) is 0 Å². The van der Waals surface area contributed by atoms with E-state index in [1.165, 1.54) is 19.1 Å². The van der Waals surface area contributed by atoms with Crippen LogP contribution in [0.3, 0.4) is 0 Å². The molecule has 8 heteroatoms. The van der Waals surface area contributed by atoms with Gasteiger partial charge in [-0.25, -0.2) is 8.78 Å². The number of carboxylic acids is 1. The Morgan fingerprint density at radius 1 is 1.22 bits per heavy atom. The monoisotopic (exact) mass is 452 g/mol. The second kappa shape index (κ2) is 7.20. The molecule has 4 aliphatic carbocycles. The van der Waals surface area contributed by atoms with Gasteiger partial charge >= 0.3 is 11.9 Å². The number of hydrogen-bond acceptors (Lipinski definition) is 5. The number of hydrogen-bond donors (Lipinski definition) is 2. The highest BCUT2D eigenvalue weighted by atomic mass is 19.1. The molecule has 0 saturated heterocycles. The lowest BCUT2D eigenvalue weighted by Crippen LogP contribution is -2.68. The molecule has 0 bridgehead atoms. The number of ketones is 1. The van der Waals surface area contributed by atoms with Crippen LogP contribution in [0.2, 0.25) is 0 Å². The van der Waals surface area contributed by atoms with Crippen molar-refractivity contribution in [3.8, 4) is 0 Å². The Bertz CT molecular complexity index is 927. The van der Waals surface area contributed by atoms with Crippen molar-refractivity contribution in [1.82, 2.24) is 0 Å². The molecule has 0 heterocycles. The average molecular weight is 452 g/mol. The van der Waals surface area contributed by atoms with Crippen LogP contribution in [0.15, 0.2) is 23.8 Å². The number of rotatable bonds is 3. The molecule has 0 radical (unpaired) electrons. The van der Waals surface area contributed by atoms with Gasteiger partial charge in [0.25, 0.3) is 0 Å². The number of esters is 1. The van der Waals surface area contributed by atoms with Crippen molar-refractivity contribution >= 4 is 17.7 Å². The average Bonchev–Trinajstić information content (AvgIpc) is 2.97. The summed E-state index contributed by atoms with van der Waals surface area (Å²) >= 11 is 0. The maximum absolute atomic E-state index is 17.0. The molecule has 4 aliphatic rings. The molecule has 4 rings (SSSR count). The van der Waals surface area contributed by atoms with Gasteiger partial charge in [0.05, 0.1) is 17.9 Å². The van der Waals surface area contributed by atoms with Gasteiger partial charge in [0, 0.05) is 11.3 Å². The van der Waals surface area contributed by atoms with Crippen molar-refractivity contribution in [1.29, 1.82) is 0 Å². The van der Waals surface area contributed by atoms with Crippen LogP contribution in [0.25, 0.3) is 0 Å². The molecule has 0 aromatic carbocycles. The quantitative estimate of drug-likeness (QED) is 0.638. The molecule has 0 aromatic rings. The standard InChI is InChI=1S/C24H30F2O6/c1-11(2)21(31)32-17-9-13-14-8-16(25)15-7-12(27)5-6-23(15,4)24(14,26)18(28)10-22(13,3)19(17)20(29)30/h5-7,11,13-14,16-19,28H,8-10H2,1-4H3,(H,29,30)/t13-,14-,16-,17+,18-,19+,22-,23-,24-/m0/s1. The molecule has 3 fully saturated rings. The van der Waals surface area contributed by atoms with E-state index in [1.54, 1.807) is 20.8 Å². The highest BCUT2D eigenvalue weighted by Gasteiger charge is 2.74. The molecule has 9 atom stereocenters. The summed E-state index contributed by atoms with van der Waals surface area (Å²) in [6.07, 6.45) is -0.862. The zero-order valence-corrected chi connectivity index (χ0v) is 18.7. The first-order valence-electron chi connectivity index (χ1n) is 11.2. The van der Waals surface area contributed by atoms with Gasteiger partial charge in [-0.15, -0.1) is 0 Å². The maximum atomic E-state index is 17.0. The number of aliphatic hydroxyl groups excluding tert-OH is 1. The predicted octanol–water partition coefficient (Wildman–Crippen LogP) is 3.18. The molecule has 3 saturated carbocycles. The van der Waals surface area contributed by atoms with E-state index < -0.39 is 76.3 Å². The summed E-state index contributed by atoms with van der Waals surface area (Å²) in [4.78, 5) is 36.4. The highest BCUT2D eigenvalue weighted by Crippen LogP contribution is 2.69. The Balaban J connectivity index is 1.80. The molecule has 0 amide bonds. The van der Waals surface area contributed by atoms with Crippen molar-refractivity contribution in [2.45, 2.75) is 71.0 Å². The number of allylic oxidation sites excluding steroid dienone is 4. The van der Waals surface area contributed by atoms with E-state index in [4.69, 9.17) is 4.74 Å². The molecule has 0 aliphatic heterocycles. The molecule has 176 valence electrons. The zero-order chi connectivity index (χ0) is 23.8. The van der Waals surface area contributed by atoms with E-state index >= 15 is 8.78 Å². The van der Waals surface area contributed by atoms with Crippen molar-refractivity contribution in [2.24, 2.45) is 34.5 Å². The first kappa shape index (κ1) is 23.1. The summed E-state index contributed by atoms with van der Waals surface area (Å²) in [7, 11) is 0. The van der Waals surface area contributed by atoms with Crippen LogP contribution in [0.5, 0.6) is 0 Å². The van der Waals surface area contributed by atoms with E-state index in [0.29, 0.717) is 0 Å². The third-order valence-corrected chi connectivity index (χ3v) is 8.64. The predicted molar refractivity (Wildman–Crippen MR) is 110 cm³/mol. The molecule has 0 aromatic heterocycles. The number of alkyl halides is 2. The van der Waals surface area contributed by atoms with Crippen molar-refractivity contribution in [3.05, 3.63) is 23.8 Å². The molecule has 2 N–H and O–H groups in total. The topological polar surface area (TPSA) is 101 Å². The first-order chi connectivity index (χ1) is 14.8. The molecular formula is C24H30F2O6. The minimum atomic E-state index is -2.29. The molecular weight excluding hydrogens is 422 g/mol. The second-order valence-electron chi connectivity index (χ2n) is 10.6. The van der Waals surface area contributed by atoms with Crippen LogP contribution in [-0.4, -0.2) is 52.0 Å². The van der Waals surface area contributed by atoms with Gasteiger partial charge in [0.1, 0.15) is 12.3 Å². The van der Waals surface area contributed by atoms with Gasteiger partial charge in [-0.05, 0) is 55.2 Å². The van der Waals surface area contributed by atoms with Crippen LogP contribution in [0, 0.1) is 34.5 Å². The summed E-state index contributed by atoms with van der Waals surface area (Å²) in [5, 5.41) is 21.2. The number of aliphatic hydroxyl groups is 1. The van der Waals surface area contributed by atoms with E-state index in [0.717, 1.165) is 6.08 Å². The number of carboxylic acid groups (broad SMARTS) is 1. The van der Waals surface area contributed by atoms with Crippen LogP contribution in [-0.2, 0) is 19.1 Å². The number of ether oxygens (including phenoxy) is 1. The fourth-order valence-electron chi connectivity index (χ4n) is 7.04. The highest BCUT2D eigenvalue weighted by molar-refractivity contribution is 6.01. The Kier molecular flexibility index (Phi) is 5.20. The minimum absolute atomic E-state index is 0.0157. The van der Waals surface area contributed by atoms with Gasteiger partial charge in [-0.3, -0.25) is 14.4 Å². The number of carbonyl (C=O) groups is 3. The maximum Gasteiger partial charge on any atom is 0.310 e. The number of fused-ring (bicyclic) bond motifs is 5. The third-order valence-electron chi connectivity index (χ3n) is 8.64. The minimum Gasteiger partial charge on any atom is -0.481 e. The van der Waals surface area contributed by atoms with Crippen LogP contribution >= 0.6 is 0 Å². The van der Waals surface area contributed by atoms with Gasteiger partial charge in [0.2, 0.25) is 0 Å². The first-order valence-corrected chi connectivity index (χ1v) is 11.2. The van der Waals surface area contributed by atoms with Crippen LogP contribution < -0.4 is 0 Å². The van der Waals surface area contributed by atoms with Gasteiger partial charge in [-0.2, -0.15) is 0 Å². The lowest BCUT2D eigenvalue weighted by atomic mass is 9.45. The van der Waals surface area contributed by atoms with Crippen molar-refractivity contribution in [2.75, 3.05) is 0 Å². The summed E-state index contributed by atoms with van der Waals surface area (Å²) < 4.78 is 37.9. The fraction of sp³-hybridized carbons (Fsp3) is 0.708. The molecule has 0 spiro atoms. The molecule has 0 unspecified atom stereocenters. The second-order valence-corrected chi connectivity index (χ2v) is 10.6. The lowest BCUT2D eigenvalue weighted by molar-refractivity contribution is -0.204. The smallest absolute Gasteiger partial charge is 0.310 e. The Labute approximate surface area is 185 Å². The van der Waals surface area contributed by atoms with Gasteiger partial charge < -0.3 is 14.9 Å². The van der Waals surface area contributed by atoms with E-state index in [-0.39, 0.29) is 24.8 Å². The summed E-state index contributed by atoms with van der Waals surface area (Å²) in [6.45, 7) is 6.44. The van der Waals surface area contributed by atoms with E-state index in [9.17, 15) is 24.6 Å². The zero-order valence-electron chi connectivity index (χ0n) is 18.7. The number of carbonyl (C=O) groups excluding carboxylic acids is 2. The fourth-order valence-corrected chi connectivity index (χ4v) is 7.04. The van der Waals surface area contributed by atoms with Crippen molar-refractivity contribution in [3.63, 3.8) is 0 Å². The Morgan fingerprint density at radius 2 is 1.88 bits per heavy atom. The van der Waals surface area contributed by atoms with Gasteiger partial charge in [0.15, 0.2) is 11.5 Å². The van der Waals surface area contributed by atoms with Crippen molar-refractivity contribution < 1.29 is 38.1 Å². The normalized spacial score (nSPS) is 47.4. The summed E-state index contributed by atoms with van der Waals surface area (Å²) in [5.74, 6) is -5.38. The van der Waals surface area contributed by atoms with Crippen LogP contribution in [0.4, 0.5) is 8.78 Å². The lowest BCUT2D eigenvalue weighted by Gasteiger charge is -2.62. The summed E-state index contributed by atoms with van der Waals surface area (Å²) in [6, 6.07) is 0. The molecule has 32 heavy (non-hydrogen) atoms. The van der Waals surface area contributed by atoms with Gasteiger partial charge in [-0.1, -0.05) is 26.8 Å². The third kappa shape index (κ3) is 2.87. The SMILES string of the molecule is CC(C)C(=O)O[C@@H]1C[C@H]2[C@@H]3C[C@H](F)C4=CC(=O)C=C[C@]4(C)[C@@]3(F)[C@@H](O)C[C@]2(C)[C@H]1C(=O)O. The van der Waals surface area contributed by atoms with Crippen LogP contribution in [0.1, 0.15) is 47.0 Å². The largest absolute Gasteiger partial charge is 0.481 e. The number of aliphatic carboxylic acids is 1. The molecule has 6 nitrogen and oxygen atoms in total.